The van der Waals surface area contributed by atoms with Crippen LogP contribution < -0.4 is 20.3 Å². The van der Waals surface area contributed by atoms with Crippen LogP contribution in [0, 0.1) is 5.41 Å². The molecule has 2 N–H and O–H groups in total. The standard InChI is InChI=1S/C23H22F3N7O2/c24-23(25,26)35-16-4-8-28-18(10-16)30-19-11-20(32-21(31-19)15-2-1-7-27-12-15)33-9-6-22(13-33)5-3-17(22)29-14-34/h1-2,4,7-8,10-12,14,17H,3,5-6,9,13H2,(H,29,34)(H,28,30,31,32). The van der Waals surface area contributed by atoms with Crippen LogP contribution in [0.2, 0.25) is 0 Å². The number of anilines is 3. The van der Waals surface area contributed by atoms with E-state index in [4.69, 9.17) is 4.98 Å². The maximum absolute atomic E-state index is 12.6. The third-order valence-corrected chi connectivity index (χ3v) is 6.50. The van der Waals surface area contributed by atoms with Gasteiger partial charge in [0, 0.05) is 60.8 Å². The first-order chi connectivity index (χ1) is 16.8. The van der Waals surface area contributed by atoms with Crippen molar-refractivity contribution in [2.24, 2.45) is 5.41 Å². The van der Waals surface area contributed by atoms with Gasteiger partial charge in [-0.25, -0.2) is 15.0 Å². The molecule has 2 atom stereocenters. The van der Waals surface area contributed by atoms with Crippen LogP contribution in [0.1, 0.15) is 19.3 Å². The number of hydrogen-bond acceptors (Lipinski definition) is 8. The lowest BCUT2D eigenvalue weighted by Gasteiger charge is -2.46. The number of ether oxygens (including phenoxy) is 1. The number of hydrogen-bond donors (Lipinski definition) is 2. The summed E-state index contributed by atoms with van der Waals surface area (Å²) in [5.74, 6) is 1.19. The summed E-state index contributed by atoms with van der Waals surface area (Å²) in [6, 6.07) is 7.74. The minimum absolute atomic E-state index is 0.0126. The van der Waals surface area contributed by atoms with Crippen molar-refractivity contribution in [2.45, 2.75) is 31.7 Å². The van der Waals surface area contributed by atoms with E-state index in [-0.39, 0.29) is 17.3 Å². The fraction of sp³-hybridized carbons (Fsp3) is 0.348. The lowest BCUT2D eigenvalue weighted by Crippen LogP contribution is -2.54. The number of carbonyl (C=O) groups excluding carboxylic acids is 1. The van der Waals surface area contributed by atoms with Gasteiger partial charge >= 0.3 is 6.36 Å². The summed E-state index contributed by atoms with van der Waals surface area (Å²) in [7, 11) is 0. The van der Waals surface area contributed by atoms with Crippen LogP contribution >= 0.6 is 0 Å². The van der Waals surface area contributed by atoms with Crippen LogP contribution in [0.25, 0.3) is 11.4 Å². The number of pyridine rings is 2. The SMILES string of the molecule is O=CNC1CCC12CCN(c1cc(Nc3cc(OC(F)(F)F)ccn3)nc(-c3cccnc3)n1)C2. The van der Waals surface area contributed by atoms with E-state index in [9.17, 15) is 18.0 Å². The Balaban J connectivity index is 1.44. The van der Waals surface area contributed by atoms with Crippen molar-refractivity contribution >= 4 is 23.9 Å². The fourth-order valence-corrected chi connectivity index (χ4v) is 4.71. The van der Waals surface area contributed by atoms with E-state index in [0.717, 1.165) is 50.9 Å². The molecule has 1 amide bonds. The summed E-state index contributed by atoms with van der Waals surface area (Å²) < 4.78 is 41.8. The summed E-state index contributed by atoms with van der Waals surface area (Å²) in [5.41, 5.74) is 0.705. The molecule has 0 bridgehead atoms. The van der Waals surface area contributed by atoms with E-state index in [2.05, 4.69) is 35.2 Å². The molecule has 2 aliphatic rings. The average Bonchev–Trinajstić information content (AvgIpc) is 3.30. The monoisotopic (exact) mass is 485 g/mol. The van der Waals surface area contributed by atoms with Gasteiger partial charge in [0.25, 0.3) is 0 Å². The molecular formula is C23H22F3N7O2. The van der Waals surface area contributed by atoms with Gasteiger partial charge in [0.05, 0.1) is 0 Å². The first-order valence-corrected chi connectivity index (χ1v) is 11.1. The Kier molecular flexibility index (Phi) is 5.87. The topological polar surface area (TPSA) is 105 Å². The van der Waals surface area contributed by atoms with Crippen LogP contribution in [-0.2, 0) is 4.79 Å². The van der Waals surface area contributed by atoms with E-state index in [1.54, 1.807) is 24.5 Å². The highest BCUT2D eigenvalue weighted by atomic mass is 19.4. The van der Waals surface area contributed by atoms with Gasteiger partial charge < -0.3 is 20.3 Å². The smallest absolute Gasteiger partial charge is 0.406 e. The number of carbonyl (C=O) groups is 1. The summed E-state index contributed by atoms with van der Waals surface area (Å²) in [6.07, 6.45) is 3.34. The molecule has 3 aromatic heterocycles. The first-order valence-electron chi connectivity index (χ1n) is 11.1. The lowest BCUT2D eigenvalue weighted by molar-refractivity contribution is -0.274. The van der Waals surface area contributed by atoms with Gasteiger partial charge in [-0.3, -0.25) is 9.78 Å². The van der Waals surface area contributed by atoms with Crippen molar-refractivity contribution in [2.75, 3.05) is 23.3 Å². The van der Waals surface area contributed by atoms with Crippen LogP contribution in [0.4, 0.5) is 30.6 Å². The molecule has 35 heavy (non-hydrogen) atoms. The third-order valence-electron chi connectivity index (χ3n) is 6.50. The maximum atomic E-state index is 12.6. The molecule has 2 fully saturated rings. The van der Waals surface area contributed by atoms with Gasteiger partial charge in [-0.05, 0) is 37.5 Å². The summed E-state index contributed by atoms with van der Waals surface area (Å²) >= 11 is 0. The fourth-order valence-electron chi connectivity index (χ4n) is 4.71. The zero-order valence-corrected chi connectivity index (χ0v) is 18.5. The summed E-state index contributed by atoms with van der Waals surface area (Å²) in [6.45, 7) is 1.49. The summed E-state index contributed by atoms with van der Waals surface area (Å²) in [5, 5.41) is 5.90. The van der Waals surface area contributed by atoms with Gasteiger partial charge in [0.2, 0.25) is 6.41 Å². The normalized spacial score (nSPS) is 21.5. The Hall–Kier alpha value is -3.96. The largest absolute Gasteiger partial charge is 0.573 e. The quantitative estimate of drug-likeness (QED) is 0.489. The van der Waals surface area contributed by atoms with E-state index in [0.29, 0.717) is 23.0 Å². The molecule has 1 saturated carbocycles. The molecule has 4 heterocycles. The van der Waals surface area contributed by atoms with E-state index < -0.39 is 12.1 Å². The van der Waals surface area contributed by atoms with Crippen LogP contribution in [-0.4, -0.2) is 51.8 Å². The van der Waals surface area contributed by atoms with Gasteiger partial charge in [0.15, 0.2) is 5.82 Å². The number of nitrogens with zero attached hydrogens (tertiary/aromatic N) is 5. The molecule has 1 saturated heterocycles. The molecule has 2 unspecified atom stereocenters. The molecule has 9 nitrogen and oxygen atoms in total. The predicted molar refractivity (Wildman–Crippen MR) is 121 cm³/mol. The lowest BCUT2D eigenvalue weighted by atomic mass is 9.64. The van der Waals surface area contributed by atoms with E-state index in [1.807, 2.05) is 6.07 Å². The molecule has 5 rings (SSSR count). The zero-order valence-electron chi connectivity index (χ0n) is 18.5. The molecule has 1 aliphatic carbocycles. The number of aromatic nitrogens is 4. The van der Waals surface area contributed by atoms with Crippen molar-refractivity contribution in [1.82, 2.24) is 25.3 Å². The zero-order chi connectivity index (χ0) is 24.5. The molecule has 1 spiro atoms. The molecule has 3 aromatic rings. The van der Waals surface area contributed by atoms with Crippen molar-refractivity contribution in [3.8, 4) is 17.1 Å². The van der Waals surface area contributed by atoms with Gasteiger partial charge in [-0.2, -0.15) is 0 Å². The number of rotatable bonds is 7. The molecule has 1 aliphatic heterocycles. The Morgan fingerprint density at radius 1 is 1.14 bits per heavy atom. The second kappa shape index (κ2) is 9.01. The number of nitrogens with one attached hydrogen (secondary N) is 2. The third kappa shape index (κ3) is 4.96. The Morgan fingerprint density at radius 2 is 2.03 bits per heavy atom. The Bertz CT molecular complexity index is 1210. The van der Waals surface area contributed by atoms with Crippen LogP contribution in [0.5, 0.6) is 5.75 Å². The maximum Gasteiger partial charge on any atom is 0.573 e. The molecular weight excluding hydrogens is 463 g/mol. The first kappa shape index (κ1) is 22.8. The van der Waals surface area contributed by atoms with Crippen LogP contribution in [0.15, 0.2) is 48.9 Å². The van der Waals surface area contributed by atoms with Crippen molar-refractivity contribution in [3.05, 3.63) is 48.9 Å². The van der Waals surface area contributed by atoms with Crippen molar-refractivity contribution in [3.63, 3.8) is 0 Å². The number of alkyl halides is 3. The second-order valence-electron chi connectivity index (χ2n) is 8.64. The van der Waals surface area contributed by atoms with Gasteiger partial charge in [0.1, 0.15) is 23.2 Å². The molecule has 12 heteroatoms. The second-order valence-corrected chi connectivity index (χ2v) is 8.64. The van der Waals surface area contributed by atoms with Crippen LogP contribution in [0.3, 0.4) is 0 Å². The number of halogens is 3. The molecule has 182 valence electrons. The molecule has 0 radical (unpaired) electrons. The van der Waals surface area contributed by atoms with Gasteiger partial charge in [-0.1, -0.05) is 0 Å². The average molecular weight is 485 g/mol. The minimum Gasteiger partial charge on any atom is -0.406 e. The highest BCUT2D eigenvalue weighted by molar-refractivity contribution is 5.64. The van der Waals surface area contributed by atoms with E-state index in [1.165, 1.54) is 6.20 Å². The predicted octanol–water partition coefficient (Wildman–Crippen LogP) is 3.68. The minimum atomic E-state index is -4.81. The van der Waals surface area contributed by atoms with Crippen molar-refractivity contribution < 1.29 is 22.7 Å². The van der Waals surface area contributed by atoms with E-state index >= 15 is 0 Å². The molecule has 0 aromatic carbocycles. The highest BCUT2D eigenvalue weighted by Crippen LogP contribution is 2.49. The highest BCUT2D eigenvalue weighted by Gasteiger charge is 2.51. The van der Waals surface area contributed by atoms with Crippen molar-refractivity contribution in [1.29, 1.82) is 0 Å². The van der Waals surface area contributed by atoms with Gasteiger partial charge in [-0.15, -0.1) is 13.2 Å². The Labute approximate surface area is 198 Å². The summed E-state index contributed by atoms with van der Waals surface area (Å²) in [4.78, 5) is 30.6. The number of amides is 1. The Morgan fingerprint density at radius 3 is 2.74 bits per heavy atom.